The van der Waals surface area contributed by atoms with Crippen molar-refractivity contribution in [1.82, 2.24) is 10.2 Å². The Morgan fingerprint density at radius 3 is 2.95 bits per heavy atom. The third-order valence-corrected chi connectivity index (χ3v) is 3.58. The standard InChI is InChI=1S/C15H22N2O3/c18-10-9-17-8-4-7-14(17)11-16-15(19)20-12-13-5-2-1-3-6-13/h1-3,5-6,14,18H,4,7-12H2,(H,16,19). The molecule has 1 unspecified atom stereocenters. The number of aliphatic hydroxyl groups excluding tert-OH is 1. The molecule has 1 amide bonds. The van der Waals surface area contributed by atoms with E-state index >= 15 is 0 Å². The van der Waals surface area contributed by atoms with Gasteiger partial charge in [-0.1, -0.05) is 30.3 Å². The molecule has 1 fully saturated rings. The molecule has 5 heteroatoms. The normalized spacial score (nSPS) is 18.9. The molecule has 2 N–H and O–H groups in total. The number of carbonyl (C=O) groups is 1. The Hall–Kier alpha value is -1.59. The van der Waals surface area contributed by atoms with Gasteiger partial charge in [0.15, 0.2) is 0 Å². The quantitative estimate of drug-likeness (QED) is 0.825. The number of hydrogen-bond donors (Lipinski definition) is 2. The number of rotatable bonds is 6. The summed E-state index contributed by atoms with van der Waals surface area (Å²) in [5.41, 5.74) is 0.977. The van der Waals surface area contributed by atoms with Gasteiger partial charge in [-0.3, -0.25) is 4.90 Å². The van der Waals surface area contributed by atoms with Crippen LogP contribution in [0.15, 0.2) is 30.3 Å². The average molecular weight is 278 g/mol. The third-order valence-electron chi connectivity index (χ3n) is 3.58. The van der Waals surface area contributed by atoms with Gasteiger partial charge in [0.2, 0.25) is 0 Å². The Morgan fingerprint density at radius 2 is 2.20 bits per heavy atom. The van der Waals surface area contributed by atoms with Crippen LogP contribution in [0.5, 0.6) is 0 Å². The zero-order chi connectivity index (χ0) is 14.2. The second-order valence-corrected chi connectivity index (χ2v) is 5.00. The van der Waals surface area contributed by atoms with E-state index in [9.17, 15) is 4.79 Å². The number of amides is 1. The molecule has 20 heavy (non-hydrogen) atoms. The molecule has 110 valence electrons. The SMILES string of the molecule is O=C(NCC1CCCN1CCO)OCc1ccccc1. The van der Waals surface area contributed by atoms with Crippen molar-refractivity contribution in [2.45, 2.75) is 25.5 Å². The molecule has 0 spiro atoms. The van der Waals surface area contributed by atoms with Crippen molar-refractivity contribution in [3.63, 3.8) is 0 Å². The molecule has 1 atom stereocenters. The van der Waals surface area contributed by atoms with Gasteiger partial charge in [0.25, 0.3) is 0 Å². The van der Waals surface area contributed by atoms with Gasteiger partial charge in [-0.05, 0) is 24.9 Å². The molecule has 1 aliphatic rings. The van der Waals surface area contributed by atoms with Gasteiger partial charge in [-0.25, -0.2) is 4.79 Å². The predicted octanol–water partition coefficient (Wildman–Crippen LogP) is 1.37. The van der Waals surface area contributed by atoms with Gasteiger partial charge in [0, 0.05) is 19.1 Å². The molecule has 5 nitrogen and oxygen atoms in total. The fourth-order valence-corrected chi connectivity index (χ4v) is 2.52. The summed E-state index contributed by atoms with van der Waals surface area (Å²) < 4.78 is 5.17. The van der Waals surface area contributed by atoms with E-state index in [0.29, 0.717) is 19.1 Å². The van der Waals surface area contributed by atoms with E-state index in [0.717, 1.165) is 24.9 Å². The van der Waals surface area contributed by atoms with Crippen LogP contribution < -0.4 is 5.32 Å². The average Bonchev–Trinajstić information content (AvgIpc) is 2.92. The van der Waals surface area contributed by atoms with Crippen molar-refractivity contribution in [2.75, 3.05) is 26.2 Å². The minimum Gasteiger partial charge on any atom is -0.445 e. The lowest BCUT2D eigenvalue weighted by atomic mass is 10.2. The maximum atomic E-state index is 11.6. The fourth-order valence-electron chi connectivity index (χ4n) is 2.52. The van der Waals surface area contributed by atoms with E-state index in [2.05, 4.69) is 10.2 Å². The molecule has 1 aromatic carbocycles. The lowest BCUT2D eigenvalue weighted by Gasteiger charge is -2.23. The second kappa shape index (κ2) is 7.87. The van der Waals surface area contributed by atoms with Gasteiger partial charge in [-0.15, -0.1) is 0 Å². The van der Waals surface area contributed by atoms with Gasteiger partial charge < -0.3 is 15.2 Å². The number of benzene rings is 1. The van der Waals surface area contributed by atoms with Crippen LogP contribution in [0.2, 0.25) is 0 Å². The van der Waals surface area contributed by atoms with E-state index < -0.39 is 0 Å². The van der Waals surface area contributed by atoms with Crippen LogP contribution in [-0.4, -0.2) is 48.4 Å². The molecular formula is C15H22N2O3. The highest BCUT2D eigenvalue weighted by atomic mass is 16.5. The van der Waals surface area contributed by atoms with E-state index in [1.165, 1.54) is 0 Å². The lowest BCUT2D eigenvalue weighted by Crippen LogP contribution is -2.41. The zero-order valence-corrected chi connectivity index (χ0v) is 11.6. The maximum absolute atomic E-state index is 11.6. The molecule has 1 aromatic rings. The van der Waals surface area contributed by atoms with Crippen LogP contribution in [0.25, 0.3) is 0 Å². The van der Waals surface area contributed by atoms with Crippen LogP contribution in [-0.2, 0) is 11.3 Å². The molecule has 2 rings (SSSR count). The number of nitrogens with one attached hydrogen (secondary N) is 1. The van der Waals surface area contributed by atoms with Crippen molar-refractivity contribution in [3.05, 3.63) is 35.9 Å². The molecule has 0 radical (unpaired) electrons. The number of nitrogens with zero attached hydrogens (tertiary/aromatic N) is 1. The number of hydrogen-bond acceptors (Lipinski definition) is 4. The predicted molar refractivity (Wildman–Crippen MR) is 76.3 cm³/mol. The number of ether oxygens (including phenoxy) is 1. The van der Waals surface area contributed by atoms with Gasteiger partial charge in [0.1, 0.15) is 6.61 Å². The smallest absolute Gasteiger partial charge is 0.407 e. The Bertz CT molecular complexity index is 411. The topological polar surface area (TPSA) is 61.8 Å². The molecule has 0 aromatic heterocycles. The lowest BCUT2D eigenvalue weighted by molar-refractivity contribution is 0.133. The number of alkyl carbamates (subject to hydrolysis) is 1. The molecule has 0 bridgehead atoms. The van der Waals surface area contributed by atoms with E-state index in [4.69, 9.17) is 9.84 Å². The summed E-state index contributed by atoms with van der Waals surface area (Å²) >= 11 is 0. The Labute approximate surface area is 119 Å². The number of carbonyl (C=O) groups excluding carboxylic acids is 1. The van der Waals surface area contributed by atoms with E-state index in [1.807, 2.05) is 30.3 Å². The summed E-state index contributed by atoms with van der Waals surface area (Å²) in [7, 11) is 0. The minimum absolute atomic E-state index is 0.162. The molecule has 1 saturated heterocycles. The molecule has 0 aliphatic carbocycles. The number of aliphatic hydroxyl groups is 1. The van der Waals surface area contributed by atoms with E-state index in [1.54, 1.807) is 0 Å². The summed E-state index contributed by atoms with van der Waals surface area (Å²) in [6, 6.07) is 9.93. The van der Waals surface area contributed by atoms with E-state index in [-0.39, 0.29) is 19.3 Å². The van der Waals surface area contributed by atoms with Gasteiger partial charge in [0.05, 0.1) is 6.61 Å². The summed E-state index contributed by atoms with van der Waals surface area (Å²) in [5.74, 6) is 0. The van der Waals surface area contributed by atoms with Gasteiger partial charge in [-0.2, -0.15) is 0 Å². The van der Waals surface area contributed by atoms with Crippen molar-refractivity contribution >= 4 is 6.09 Å². The number of likely N-dealkylation sites (tertiary alicyclic amines) is 1. The largest absolute Gasteiger partial charge is 0.445 e. The minimum atomic E-state index is -0.385. The first-order valence-electron chi connectivity index (χ1n) is 7.09. The Morgan fingerprint density at radius 1 is 1.40 bits per heavy atom. The zero-order valence-electron chi connectivity index (χ0n) is 11.6. The molecule has 1 heterocycles. The van der Waals surface area contributed by atoms with Crippen molar-refractivity contribution < 1.29 is 14.6 Å². The maximum Gasteiger partial charge on any atom is 0.407 e. The first-order chi connectivity index (χ1) is 9.79. The summed E-state index contributed by atoms with van der Waals surface area (Å²) in [4.78, 5) is 13.8. The monoisotopic (exact) mass is 278 g/mol. The molecule has 0 saturated carbocycles. The van der Waals surface area contributed by atoms with Crippen LogP contribution in [0.4, 0.5) is 4.79 Å². The van der Waals surface area contributed by atoms with Crippen molar-refractivity contribution in [1.29, 1.82) is 0 Å². The highest BCUT2D eigenvalue weighted by molar-refractivity contribution is 5.67. The third kappa shape index (κ3) is 4.51. The van der Waals surface area contributed by atoms with Crippen molar-refractivity contribution in [3.8, 4) is 0 Å². The number of β-amino-alcohol motifs (C(OH)–C–C–N with tert-alkyl or cyclic N) is 1. The fraction of sp³-hybridized carbons (Fsp3) is 0.533. The first-order valence-corrected chi connectivity index (χ1v) is 7.09. The van der Waals surface area contributed by atoms with Gasteiger partial charge >= 0.3 is 6.09 Å². The highest BCUT2D eigenvalue weighted by Crippen LogP contribution is 2.15. The summed E-state index contributed by atoms with van der Waals surface area (Å²) in [5, 5.41) is 11.8. The highest BCUT2D eigenvalue weighted by Gasteiger charge is 2.24. The summed E-state index contributed by atoms with van der Waals surface area (Å²) in [6.07, 6.45) is 1.79. The van der Waals surface area contributed by atoms with Crippen LogP contribution >= 0.6 is 0 Å². The Balaban J connectivity index is 1.67. The molecule has 1 aliphatic heterocycles. The molecular weight excluding hydrogens is 256 g/mol. The van der Waals surface area contributed by atoms with Crippen LogP contribution in [0.3, 0.4) is 0 Å². The summed E-state index contributed by atoms with van der Waals surface area (Å²) in [6.45, 7) is 2.69. The van der Waals surface area contributed by atoms with Crippen LogP contribution in [0.1, 0.15) is 18.4 Å². The second-order valence-electron chi connectivity index (χ2n) is 5.00. The van der Waals surface area contributed by atoms with Crippen LogP contribution in [0, 0.1) is 0 Å². The van der Waals surface area contributed by atoms with Crippen molar-refractivity contribution in [2.24, 2.45) is 0 Å². The first kappa shape index (κ1) is 14.8. The Kier molecular flexibility index (Phi) is 5.83.